The van der Waals surface area contributed by atoms with Gasteiger partial charge >= 0.3 is 0 Å². The highest BCUT2D eigenvalue weighted by Gasteiger charge is 2.14. The van der Waals surface area contributed by atoms with Crippen LogP contribution < -0.4 is 9.64 Å². The van der Waals surface area contributed by atoms with Crippen molar-refractivity contribution in [2.45, 2.75) is 6.54 Å². The Morgan fingerprint density at radius 3 is 2.80 bits per heavy atom. The molecule has 0 unspecified atom stereocenters. The lowest BCUT2D eigenvalue weighted by molar-refractivity contribution is 0.112. The number of anilines is 1. The zero-order chi connectivity index (χ0) is 14.5. The summed E-state index contributed by atoms with van der Waals surface area (Å²) in [5, 5.41) is 0.150. The van der Waals surface area contributed by atoms with Gasteiger partial charge in [0.2, 0.25) is 0 Å². The number of para-hydroxylation sites is 1. The largest absolute Gasteiger partial charge is 0.496 e. The molecule has 1 aromatic carbocycles. The van der Waals surface area contributed by atoms with Crippen LogP contribution in [0.2, 0.25) is 5.15 Å². The van der Waals surface area contributed by atoms with Crippen molar-refractivity contribution in [1.82, 2.24) is 9.97 Å². The Kier molecular flexibility index (Phi) is 4.53. The molecule has 0 spiro atoms. The first kappa shape index (κ1) is 14.3. The Balaban J connectivity index is 2.31. The van der Waals surface area contributed by atoms with Crippen LogP contribution in [0.5, 0.6) is 5.75 Å². The zero-order valence-electron chi connectivity index (χ0n) is 11.2. The summed E-state index contributed by atoms with van der Waals surface area (Å²) < 4.78 is 5.31. The van der Waals surface area contributed by atoms with Gasteiger partial charge in [0.05, 0.1) is 12.7 Å². The average Bonchev–Trinajstić information content (AvgIpc) is 2.47. The molecule has 0 aliphatic heterocycles. The number of rotatable bonds is 5. The molecule has 0 aliphatic carbocycles. The third kappa shape index (κ3) is 2.88. The van der Waals surface area contributed by atoms with Crippen LogP contribution in [-0.4, -0.2) is 30.4 Å². The molecule has 0 amide bonds. The highest BCUT2D eigenvalue weighted by molar-refractivity contribution is 6.32. The number of hydrogen-bond donors (Lipinski definition) is 0. The van der Waals surface area contributed by atoms with Crippen LogP contribution >= 0.6 is 11.6 Å². The van der Waals surface area contributed by atoms with Crippen molar-refractivity contribution in [2.75, 3.05) is 19.1 Å². The number of hydrogen-bond acceptors (Lipinski definition) is 5. The fourth-order valence-electron chi connectivity index (χ4n) is 1.94. The Labute approximate surface area is 122 Å². The summed E-state index contributed by atoms with van der Waals surface area (Å²) >= 11 is 5.90. The summed E-state index contributed by atoms with van der Waals surface area (Å²) in [7, 11) is 3.45. The van der Waals surface area contributed by atoms with E-state index in [-0.39, 0.29) is 10.7 Å². The van der Waals surface area contributed by atoms with Gasteiger partial charge in [0.1, 0.15) is 23.0 Å². The van der Waals surface area contributed by atoms with Crippen molar-refractivity contribution in [1.29, 1.82) is 0 Å². The highest BCUT2D eigenvalue weighted by atomic mass is 35.5. The van der Waals surface area contributed by atoms with Gasteiger partial charge in [0, 0.05) is 19.2 Å². The van der Waals surface area contributed by atoms with E-state index in [1.54, 1.807) is 7.11 Å². The third-order valence-electron chi connectivity index (χ3n) is 2.89. The zero-order valence-corrected chi connectivity index (χ0v) is 12.0. The van der Waals surface area contributed by atoms with Crippen LogP contribution in [0.4, 0.5) is 5.82 Å². The molecule has 0 radical (unpaired) electrons. The van der Waals surface area contributed by atoms with Crippen LogP contribution in [0.3, 0.4) is 0 Å². The van der Waals surface area contributed by atoms with Gasteiger partial charge < -0.3 is 9.64 Å². The van der Waals surface area contributed by atoms with Crippen molar-refractivity contribution in [3.8, 4) is 5.75 Å². The molecule has 2 aromatic rings. The Morgan fingerprint density at radius 2 is 2.10 bits per heavy atom. The van der Waals surface area contributed by atoms with Crippen LogP contribution in [-0.2, 0) is 6.54 Å². The second-order valence-electron chi connectivity index (χ2n) is 4.19. The first-order chi connectivity index (χ1) is 9.67. The number of carbonyl (C=O) groups excluding carboxylic acids is 1. The summed E-state index contributed by atoms with van der Waals surface area (Å²) in [6.07, 6.45) is 2.00. The van der Waals surface area contributed by atoms with E-state index >= 15 is 0 Å². The minimum Gasteiger partial charge on any atom is -0.496 e. The minimum absolute atomic E-state index is 0.150. The SMILES string of the molecule is COc1ccccc1CN(C)c1ncnc(Cl)c1C=O. The first-order valence-electron chi connectivity index (χ1n) is 5.96. The van der Waals surface area contributed by atoms with Crippen molar-refractivity contribution >= 4 is 23.7 Å². The number of carbonyl (C=O) groups is 1. The maximum absolute atomic E-state index is 11.1. The standard InChI is InChI=1S/C14H14ClN3O2/c1-18(7-10-5-3-4-6-12(10)20-2)14-11(8-19)13(15)16-9-17-14/h3-6,8-9H,7H2,1-2H3. The van der Waals surface area contributed by atoms with Crippen LogP contribution in [0, 0.1) is 0 Å². The van der Waals surface area contributed by atoms with Gasteiger partial charge in [-0.1, -0.05) is 29.8 Å². The molecule has 6 heteroatoms. The molecule has 5 nitrogen and oxygen atoms in total. The quantitative estimate of drug-likeness (QED) is 0.626. The summed E-state index contributed by atoms with van der Waals surface area (Å²) in [5.41, 5.74) is 1.27. The maximum atomic E-state index is 11.1. The van der Waals surface area contributed by atoms with Gasteiger partial charge in [0.25, 0.3) is 0 Å². The molecule has 1 heterocycles. The van der Waals surface area contributed by atoms with E-state index in [0.29, 0.717) is 18.6 Å². The van der Waals surface area contributed by atoms with Crippen molar-refractivity contribution < 1.29 is 9.53 Å². The lowest BCUT2D eigenvalue weighted by Gasteiger charge is -2.20. The van der Waals surface area contributed by atoms with Gasteiger partial charge in [0.15, 0.2) is 6.29 Å². The average molecular weight is 292 g/mol. The summed E-state index contributed by atoms with van der Waals surface area (Å²) in [6.45, 7) is 0.540. The van der Waals surface area contributed by atoms with E-state index < -0.39 is 0 Å². The van der Waals surface area contributed by atoms with Crippen molar-refractivity contribution in [3.05, 3.63) is 46.9 Å². The molecule has 104 valence electrons. The second-order valence-corrected chi connectivity index (χ2v) is 4.55. The highest BCUT2D eigenvalue weighted by Crippen LogP contribution is 2.24. The molecule has 0 aliphatic rings. The molecule has 2 rings (SSSR count). The normalized spacial score (nSPS) is 10.2. The van der Waals surface area contributed by atoms with E-state index in [1.807, 2.05) is 36.2 Å². The third-order valence-corrected chi connectivity index (χ3v) is 3.19. The topological polar surface area (TPSA) is 55.3 Å². The number of benzene rings is 1. The fourth-order valence-corrected chi connectivity index (χ4v) is 2.11. The van der Waals surface area contributed by atoms with E-state index in [2.05, 4.69) is 9.97 Å². The molecule has 0 saturated heterocycles. The number of aromatic nitrogens is 2. The van der Waals surface area contributed by atoms with E-state index in [4.69, 9.17) is 16.3 Å². The van der Waals surface area contributed by atoms with Crippen LogP contribution in [0.25, 0.3) is 0 Å². The number of ether oxygens (including phenoxy) is 1. The lowest BCUT2D eigenvalue weighted by atomic mass is 10.2. The fraction of sp³-hybridized carbons (Fsp3) is 0.214. The van der Waals surface area contributed by atoms with Gasteiger partial charge in [-0.2, -0.15) is 0 Å². The Hall–Kier alpha value is -2.14. The molecule has 20 heavy (non-hydrogen) atoms. The van der Waals surface area contributed by atoms with E-state index in [9.17, 15) is 4.79 Å². The van der Waals surface area contributed by atoms with Crippen molar-refractivity contribution in [2.24, 2.45) is 0 Å². The molecule has 0 N–H and O–H groups in total. The summed E-state index contributed by atoms with van der Waals surface area (Å²) in [4.78, 5) is 20.9. The Bertz CT molecular complexity index is 619. The second kappa shape index (κ2) is 6.34. The monoisotopic (exact) mass is 291 g/mol. The molecule has 0 bridgehead atoms. The number of methoxy groups -OCH3 is 1. The van der Waals surface area contributed by atoms with Crippen LogP contribution in [0.15, 0.2) is 30.6 Å². The summed E-state index contributed by atoms with van der Waals surface area (Å²) in [6, 6.07) is 7.68. The van der Waals surface area contributed by atoms with E-state index in [0.717, 1.165) is 11.3 Å². The summed E-state index contributed by atoms with van der Waals surface area (Å²) in [5.74, 6) is 1.28. The minimum atomic E-state index is 0.150. The van der Waals surface area contributed by atoms with Gasteiger partial charge in [-0.15, -0.1) is 0 Å². The molecular formula is C14H14ClN3O2. The van der Waals surface area contributed by atoms with E-state index in [1.165, 1.54) is 6.33 Å². The predicted octanol–water partition coefficient (Wildman–Crippen LogP) is 2.59. The number of aldehydes is 1. The van der Waals surface area contributed by atoms with Crippen molar-refractivity contribution in [3.63, 3.8) is 0 Å². The molecule has 1 aromatic heterocycles. The lowest BCUT2D eigenvalue weighted by Crippen LogP contribution is -2.20. The first-order valence-corrected chi connectivity index (χ1v) is 6.34. The number of halogens is 1. The number of nitrogens with zero attached hydrogens (tertiary/aromatic N) is 3. The molecule has 0 saturated carbocycles. The maximum Gasteiger partial charge on any atom is 0.156 e. The molecule has 0 atom stereocenters. The predicted molar refractivity (Wildman–Crippen MR) is 77.5 cm³/mol. The molecular weight excluding hydrogens is 278 g/mol. The smallest absolute Gasteiger partial charge is 0.156 e. The van der Waals surface area contributed by atoms with Gasteiger partial charge in [-0.25, -0.2) is 9.97 Å². The Morgan fingerprint density at radius 1 is 1.35 bits per heavy atom. The van der Waals surface area contributed by atoms with Gasteiger partial charge in [-0.3, -0.25) is 4.79 Å². The molecule has 0 fully saturated rings. The van der Waals surface area contributed by atoms with Gasteiger partial charge in [-0.05, 0) is 6.07 Å². The van der Waals surface area contributed by atoms with Crippen LogP contribution in [0.1, 0.15) is 15.9 Å².